The molecule has 9 heteroatoms. The van der Waals surface area contributed by atoms with Crippen LogP contribution >= 0.6 is 23.6 Å². The average Bonchev–Trinajstić information content (AvgIpc) is 3.24. The molecule has 0 saturated carbocycles. The third kappa shape index (κ3) is 2.94. The van der Waals surface area contributed by atoms with Gasteiger partial charge in [-0.1, -0.05) is 12.1 Å². The quantitative estimate of drug-likeness (QED) is 0.442. The molecule has 0 bridgehead atoms. The van der Waals surface area contributed by atoms with Gasteiger partial charge in [0, 0.05) is 0 Å². The Morgan fingerprint density at radius 2 is 2.16 bits per heavy atom. The average molecular weight is 369 g/mol. The number of H-pyrrole nitrogens is 1. The van der Waals surface area contributed by atoms with Crippen molar-refractivity contribution in [3.05, 3.63) is 63.0 Å². The molecule has 0 spiro atoms. The number of furan rings is 1. The number of aromatic nitrogens is 4. The number of fused-ring (bicyclic) bond motifs is 1. The van der Waals surface area contributed by atoms with Gasteiger partial charge in [0.2, 0.25) is 4.77 Å². The number of rotatable bonds is 3. The number of aromatic amines is 1. The number of para-hydroxylation sites is 1. The van der Waals surface area contributed by atoms with Gasteiger partial charge >= 0.3 is 0 Å². The van der Waals surface area contributed by atoms with Gasteiger partial charge in [-0.15, -0.1) is 11.3 Å². The van der Waals surface area contributed by atoms with Crippen molar-refractivity contribution in [2.24, 2.45) is 5.10 Å². The van der Waals surface area contributed by atoms with E-state index in [-0.39, 0.29) is 16.0 Å². The number of nitrogens with one attached hydrogen (secondary N) is 1. The molecule has 0 aliphatic heterocycles. The van der Waals surface area contributed by atoms with Crippen molar-refractivity contribution in [3.63, 3.8) is 0 Å². The van der Waals surface area contributed by atoms with E-state index in [1.165, 1.54) is 6.21 Å². The largest absolute Gasteiger partial charge is 0.453 e. The minimum atomic E-state index is -0.377. The molecule has 1 N–H and O–H groups in total. The van der Waals surface area contributed by atoms with E-state index in [2.05, 4.69) is 20.3 Å². The molecule has 1 aromatic carbocycles. The predicted molar refractivity (Wildman–Crippen MR) is 98.7 cm³/mol. The second-order valence-electron chi connectivity index (χ2n) is 5.16. The summed E-state index contributed by atoms with van der Waals surface area (Å²) in [6, 6.07) is 11.5. The molecule has 0 unspecified atom stereocenters. The van der Waals surface area contributed by atoms with Crippen molar-refractivity contribution in [3.8, 4) is 10.8 Å². The van der Waals surface area contributed by atoms with Crippen LogP contribution in [0.4, 0.5) is 0 Å². The number of nitrogens with zero attached hydrogens (tertiary/aromatic N) is 4. The first-order valence-electron chi connectivity index (χ1n) is 7.30. The first-order valence-corrected chi connectivity index (χ1v) is 8.53. The number of aryl methyl sites for hydroxylation is 1. The fraction of sp³-hybridized carbons (Fsp3) is 0.0625. The van der Waals surface area contributed by atoms with Gasteiger partial charge in [0.25, 0.3) is 5.56 Å². The van der Waals surface area contributed by atoms with Crippen molar-refractivity contribution in [2.75, 3.05) is 0 Å². The van der Waals surface area contributed by atoms with Crippen LogP contribution in [0.2, 0.25) is 0 Å². The Balaban J connectivity index is 1.67. The summed E-state index contributed by atoms with van der Waals surface area (Å²) in [6.07, 6.45) is 1.43. The fourth-order valence-corrected chi connectivity index (χ4v) is 3.31. The van der Waals surface area contributed by atoms with Gasteiger partial charge in [0.15, 0.2) is 10.8 Å². The highest BCUT2D eigenvalue weighted by Gasteiger charge is 2.10. The smallest absolute Gasteiger partial charge is 0.296 e. The third-order valence-electron chi connectivity index (χ3n) is 3.45. The van der Waals surface area contributed by atoms with Crippen LogP contribution in [0.3, 0.4) is 0 Å². The number of benzene rings is 1. The van der Waals surface area contributed by atoms with E-state index in [4.69, 9.17) is 16.6 Å². The summed E-state index contributed by atoms with van der Waals surface area (Å²) in [6.45, 7) is 1.58. The minimum Gasteiger partial charge on any atom is -0.453 e. The highest BCUT2D eigenvalue weighted by Crippen LogP contribution is 2.30. The first-order chi connectivity index (χ1) is 12.1. The number of hydrogen-bond donors (Lipinski definition) is 1. The standard InChI is InChI=1S/C16H11N5O2S2/c1-9-15(22)21(16(24)20-19-9)17-8-10-6-7-12(23-10)14-18-11-4-2-3-5-13(11)25-14/h2-8H,1H3,(H,20,24)/b17-8-. The Hall–Kier alpha value is -2.91. The molecule has 0 saturated heterocycles. The summed E-state index contributed by atoms with van der Waals surface area (Å²) in [4.78, 5) is 16.5. The molecule has 0 amide bonds. The van der Waals surface area contributed by atoms with Crippen LogP contribution < -0.4 is 5.56 Å². The van der Waals surface area contributed by atoms with E-state index in [9.17, 15) is 4.79 Å². The fourth-order valence-electron chi connectivity index (χ4n) is 2.21. The molecular formula is C16H11N5O2S2. The van der Waals surface area contributed by atoms with Gasteiger partial charge in [0.05, 0.1) is 16.4 Å². The highest BCUT2D eigenvalue weighted by molar-refractivity contribution is 7.71. The van der Waals surface area contributed by atoms with Gasteiger partial charge in [-0.25, -0.2) is 4.98 Å². The molecule has 4 rings (SSSR count). The summed E-state index contributed by atoms with van der Waals surface area (Å²) in [5, 5.41) is 11.2. The van der Waals surface area contributed by atoms with E-state index in [0.29, 0.717) is 11.5 Å². The SMILES string of the molecule is Cc1n[nH]c(=S)n(/N=C\c2ccc(-c3nc4ccccc4s3)o2)c1=O. The van der Waals surface area contributed by atoms with Crippen molar-refractivity contribution >= 4 is 40.0 Å². The van der Waals surface area contributed by atoms with Crippen molar-refractivity contribution in [1.82, 2.24) is 19.9 Å². The normalized spacial score (nSPS) is 11.6. The monoisotopic (exact) mass is 369 g/mol. The molecule has 0 fully saturated rings. The van der Waals surface area contributed by atoms with E-state index >= 15 is 0 Å². The maximum Gasteiger partial charge on any atom is 0.296 e. The molecule has 4 aromatic rings. The van der Waals surface area contributed by atoms with E-state index < -0.39 is 0 Å². The van der Waals surface area contributed by atoms with Gasteiger partial charge in [0.1, 0.15) is 11.5 Å². The van der Waals surface area contributed by atoms with Crippen LogP contribution in [0.15, 0.2) is 50.7 Å². The van der Waals surface area contributed by atoms with Gasteiger partial charge < -0.3 is 4.42 Å². The first kappa shape index (κ1) is 15.6. The van der Waals surface area contributed by atoms with E-state index in [1.807, 2.05) is 30.3 Å². The van der Waals surface area contributed by atoms with Crippen molar-refractivity contribution in [1.29, 1.82) is 0 Å². The zero-order chi connectivity index (χ0) is 17.4. The molecule has 3 heterocycles. The van der Waals surface area contributed by atoms with Crippen LogP contribution in [0.5, 0.6) is 0 Å². The Bertz CT molecular complexity index is 1180. The summed E-state index contributed by atoms with van der Waals surface area (Å²) < 4.78 is 8.03. The molecule has 0 atom stereocenters. The molecule has 0 aliphatic rings. The van der Waals surface area contributed by atoms with Crippen LogP contribution in [0.25, 0.3) is 21.0 Å². The second-order valence-corrected chi connectivity index (χ2v) is 6.58. The summed E-state index contributed by atoms with van der Waals surface area (Å²) >= 11 is 6.58. The Morgan fingerprint density at radius 1 is 1.32 bits per heavy atom. The maximum absolute atomic E-state index is 12.0. The van der Waals surface area contributed by atoms with Crippen LogP contribution in [-0.2, 0) is 0 Å². The Morgan fingerprint density at radius 3 is 3.00 bits per heavy atom. The maximum atomic E-state index is 12.0. The van der Waals surface area contributed by atoms with Crippen LogP contribution in [0.1, 0.15) is 11.5 Å². The molecule has 0 aliphatic carbocycles. The summed E-state index contributed by atoms with van der Waals surface area (Å²) in [5.41, 5.74) is 0.831. The zero-order valence-electron chi connectivity index (χ0n) is 13.0. The van der Waals surface area contributed by atoms with Crippen LogP contribution in [0, 0.1) is 11.7 Å². The molecule has 3 aromatic heterocycles. The molecule has 7 nitrogen and oxygen atoms in total. The van der Waals surface area contributed by atoms with Gasteiger partial charge in [-0.3, -0.25) is 9.89 Å². The molecule has 0 radical (unpaired) electrons. The van der Waals surface area contributed by atoms with E-state index in [1.54, 1.807) is 24.3 Å². The van der Waals surface area contributed by atoms with Crippen molar-refractivity contribution in [2.45, 2.75) is 6.92 Å². The lowest BCUT2D eigenvalue weighted by atomic mass is 10.3. The highest BCUT2D eigenvalue weighted by atomic mass is 32.1. The lowest BCUT2D eigenvalue weighted by molar-refractivity contribution is 0.573. The van der Waals surface area contributed by atoms with Gasteiger partial charge in [-0.05, 0) is 43.4 Å². The Labute approximate surface area is 150 Å². The zero-order valence-corrected chi connectivity index (χ0v) is 14.6. The van der Waals surface area contributed by atoms with Crippen LogP contribution in [-0.4, -0.2) is 26.1 Å². The van der Waals surface area contributed by atoms with Gasteiger partial charge in [-0.2, -0.15) is 14.9 Å². The molecular weight excluding hydrogens is 358 g/mol. The minimum absolute atomic E-state index is 0.116. The van der Waals surface area contributed by atoms with E-state index in [0.717, 1.165) is 19.9 Å². The molecule has 25 heavy (non-hydrogen) atoms. The lowest BCUT2D eigenvalue weighted by Crippen LogP contribution is -2.22. The lowest BCUT2D eigenvalue weighted by Gasteiger charge is -1.97. The molecule has 124 valence electrons. The van der Waals surface area contributed by atoms with Crippen molar-refractivity contribution < 1.29 is 4.42 Å². The summed E-state index contributed by atoms with van der Waals surface area (Å²) in [7, 11) is 0. The topological polar surface area (TPSA) is 89.1 Å². The third-order valence-corrected chi connectivity index (χ3v) is 4.76. The Kier molecular flexibility index (Phi) is 3.86. The second kappa shape index (κ2) is 6.19. The number of hydrogen-bond acceptors (Lipinski definition) is 7. The number of thiazole rings is 1. The summed E-state index contributed by atoms with van der Waals surface area (Å²) in [5.74, 6) is 1.14. The predicted octanol–water partition coefficient (Wildman–Crippen LogP) is 3.36.